The summed E-state index contributed by atoms with van der Waals surface area (Å²) < 4.78 is 18.4. The summed E-state index contributed by atoms with van der Waals surface area (Å²) >= 11 is 0. The Bertz CT molecular complexity index is 1200. The van der Waals surface area contributed by atoms with Crippen molar-refractivity contribution in [2.75, 3.05) is 27.8 Å². The fourth-order valence-corrected chi connectivity index (χ4v) is 3.76. The second-order valence-electron chi connectivity index (χ2n) is 9.00. The Kier molecular flexibility index (Phi) is 7.07. The first kappa shape index (κ1) is 24.3. The molecule has 0 aliphatic rings. The van der Waals surface area contributed by atoms with Crippen LogP contribution in [-0.2, 0) is 23.1 Å². The number of methoxy groups -OCH3 is 2. The van der Waals surface area contributed by atoms with E-state index in [-0.39, 0.29) is 18.1 Å². The van der Waals surface area contributed by atoms with Crippen molar-refractivity contribution in [1.29, 1.82) is 0 Å². The van der Waals surface area contributed by atoms with Gasteiger partial charge in [-0.25, -0.2) is 0 Å². The molecule has 33 heavy (non-hydrogen) atoms. The van der Waals surface area contributed by atoms with Crippen molar-refractivity contribution in [2.45, 2.75) is 32.9 Å². The van der Waals surface area contributed by atoms with Gasteiger partial charge in [-0.1, -0.05) is 0 Å². The molecular weight excluding hydrogens is 422 g/mol. The van der Waals surface area contributed by atoms with E-state index >= 15 is 0 Å². The molecule has 0 N–H and O–H groups in total. The van der Waals surface area contributed by atoms with Crippen LogP contribution in [0.2, 0.25) is 0 Å². The number of ether oxygens (including phenoxy) is 3. The van der Waals surface area contributed by atoms with Gasteiger partial charge >= 0.3 is 5.97 Å². The summed E-state index contributed by atoms with van der Waals surface area (Å²) in [5, 5.41) is 1.34. The van der Waals surface area contributed by atoms with Crippen LogP contribution in [0.25, 0.3) is 21.9 Å². The zero-order chi connectivity index (χ0) is 24.3. The van der Waals surface area contributed by atoms with Crippen LogP contribution in [0.5, 0.6) is 11.5 Å². The molecule has 0 aliphatic carbocycles. The van der Waals surface area contributed by atoms with E-state index in [2.05, 4.69) is 4.98 Å². The third-order valence-electron chi connectivity index (χ3n) is 5.15. The zero-order valence-corrected chi connectivity index (χ0v) is 20.3. The predicted molar refractivity (Wildman–Crippen MR) is 128 cm³/mol. The molecule has 0 unspecified atom stereocenters. The molecule has 0 aliphatic heterocycles. The first-order valence-electron chi connectivity index (χ1n) is 10.6. The van der Waals surface area contributed by atoms with Crippen LogP contribution in [0.15, 0.2) is 41.6 Å². The zero-order valence-electron chi connectivity index (χ0n) is 20.3. The molecular formula is C25H31N3O5. The van der Waals surface area contributed by atoms with Gasteiger partial charge in [0.15, 0.2) is 0 Å². The largest absolute Gasteiger partial charge is 0.496 e. The summed E-state index contributed by atoms with van der Waals surface area (Å²) in [4.78, 5) is 30.7. The van der Waals surface area contributed by atoms with E-state index < -0.39 is 5.60 Å². The van der Waals surface area contributed by atoms with E-state index in [0.29, 0.717) is 23.4 Å². The van der Waals surface area contributed by atoms with Gasteiger partial charge in [0.1, 0.15) is 17.1 Å². The number of pyridine rings is 2. The minimum absolute atomic E-state index is 0.110. The number of carbonyl (C=O) groups is 1. The first-order chi connectivity index (χ1) is 15.5. The quantitative estimate of drug-likeness (QED) is 0.507. The topological polar surface area (TPSA) is 82.9 Å². The molecule has 2 aromatic heterocycles. The van der Waals surface area contributed by atoms with Crippen molar-refractivity contribution in [3.8, 4) is 22.6 Å². The molecule has 2 heterocycles. The molecule has 3 rings (SSSR count). The maximum absolute atomic E-state index is 12.5. The number of fused-ring (bicyclic) bond motifs is 1. The minimum atomic E-state index is -0.539. The lowest BCUT2D eigenvalue weighted by Gasteiger charge is -2.24. The van der Waals surface area contributed by atoms with E-state index in [0.717, 1.165) is 22.1 Å². The number of aryl methyl sites for hydroxylation is 1. The summed E-state index contributed by atoms with van der Waals surface area (Å²) in [6.45, 7) is 6.08. The molecule has 0 amide bonds. The third kappa shape index (κ3) is 5.51. The molecule has 0 saturated heterocycles. The average Bonchev–Trinajstić information content (AvgIpc) is 2.74. The van der Waals surface area contributed by atoms with Gasteiger partial charge in [0.25, 0.3) is 5.56 Å². The fourth-order valence-electron chi connectivity index (χ4n) is 3.76. The van der Waals surface area contributed by atoms with Crippen LogP contribution >= 0.6 is 0 Å². The molecule has 176 valence electrons. The molecule has 8 heteroatoms. The Morgan fingerprint density at radius 3 is 2.33 bits per heavy atom. The normalized spacial score (nSPS) is 11.6. The molecule has 0 bridgehead atoms. The monoisotopic (exact) mass is 453 g/mol. The second kappa shape index (κ2) is 9.62. The van der Waals surface area contributed by atoms with Gasteiger partial charge in [-0.05, 0) is 57.0 Å². The summed E-state index contributed by atoms with van der Waals surface area (Å²) in [5.41, 5.74) is 1.86. The number of nitrogens with zero attached hydrogens (tertiary/aromatic N) is 3. The van der Waals surface area contributed by atoms with Gasteiger partial charge in [0.2, 0.25) is 0 Å². The number of carbonyl (C=O) groups excluding carboxylic acids is 1. The van der Waals surface area contributed by atoms with Gasteiger partial charge in [0, 0.05) is 37.7 Å². The van der Waals surface area contributed by atoms with Gasteiger partial charge < -0.3 is 18.8 Å². The Morgan fingerprint density at radius 2 is 1.76 bits per heavy atom. The van der Waals surface area contributed by atoms with Gasteiger partial charge in [-0.3, -0.25) is 19.5 Å². The molecule has 3 aromatic rings. The second-order valence-corrected chi connectivity index (χ2v) is 9.00. The maximum atomic E-state index is 12.5. The van der Waals surface area contributed by atoms with Crippen molar-refractivity contribution in [1.82, 2.24) is 14.5 Å². The molecule has 0 radical (unpaired) electrons. The Morgan fingerprint density at radius 1 is 1.12 bits per heavy atom. The van der Waals surface area contributed by atoms with Crippen molar-refractivity contribution in [3.63, 3.8) is 0 Å². The smallest absolute Gasteiger partial charge is 0.320 e. The van der Waals surface area contributed by atoms with Crippen molar-refractivity contribution >= 4 is 16.7 Å². The number of likely N-dealkylation sites (N-methyl/N-ethyl adjacent to an activating group) is 1. The molecule has 0 atom stereocenters. The van der Waals surface area contributed by atoms with E-state index in [1.165, 1.54) is 0 Å². The fraction of sp³-hybridized carbons (Fsp3) is 0.400. The highest BCUT2D eigenvalue weighted by molar-refractivity contribution is 5.95. The van der Waals surface area contributed by atoms with Crippen molar-refractivity contribution < 1.29 is 19.0 Å². The first-order valence-corrected chi connectivity index (χ1v) is 10.6. The number of esters is 1. The summed E-state index contributed by atoms with van der Waals surface area (Å²) in [5.74, 6) is 0.942. The highest BCUT2D eigenvalue weighted by atomic mass is 16.6. The maximum Gasteiger partial charge on any atom is 0.320 e. The lowest BCUT2D eigenvalue weighted by atomic mass is 9.99. The van der Waals surface area contributed by atoms with Crippen molar-refractivity contribution in [2.24, 2.45) is 7.05 Å². The SMILES string of the molecule is COc1cc(-c2cn(C)c(=O)c3cnccc23)cc(OC)c1CN(C)CC(=O)OC(C)(C)C. The standard InChI is InChI=1S/C25H31N3O5/c1-25(2,3)33-23(29)15-27(4)13-20-21(31-6)10-16(11-22(20)32-7)19-14-28(5)24(30)18-12-26-9-8-17(18)19/h8-12,14H,13,15H2,1-7H3. The number of rotatable bonds is 7. The number of hydrogen-bond acceptors (Lipinski definition) is 7. The molecule has 8 nitrogen and oxygen atoms in total. The number of hydrogen-bond donors (Lipinski definition) is 0. The van der Waals surface area contributed by atoms with E-state index in [1.807, 2.05) is 50.9 Å². The highest BCUT2D eigenvalue weighted by Gasteiger charge is 2.21. The lowest BCUT2D eigenvalue weighted by Crippen LogP contribution is -2.32. The summed E-state index contributed by atoms with van der Waals surface area (Å²) in [6, 6.07) is 5.66. The van der Waals surface area contributed by atoms with Crippen LogP contribution in [0, 0.1) is 0 Å². The highest BCUT2D eigenvalue weighted by Crippen LogP contribution is 2.37. The number of aromatic nitrogens is 2. The molecule has 0 saturated carbocycles. The average molecular weight is 454 g/mol. The van der Waals surface area contributed by atoms with Gasteiger partial charge in [0.05, 0.1) is 31.7 Å². The Labute approximate surface area is 193 Å². The van der Waals surface area contributed by atoms with Crippen LogP contribution in [-0.4, -0.2) is 53.8 Å². The van der Waals surface area contributed by atoms with E-state index in [1.54, 1.807) is 44.4 Å². The summed E-state index contributed by atoms with van der Waals surface area (Å²) in [6.07, 6.45) is 5.04. The summed E-state index contributed by atoms with van der Waals surface area (Å²) in [7, 11) is 6.74. The van der Waals surface area contributed by atoms with E-state index in [4.69, 9.17) is 14.2 Å². The Balaban J connectivity index is 2.01. The molecule has 0 spiro atoms. The van der Waals surface area contributed by atoms with Crippen molar-refractivity contribution in [3.05, 3.63) is 52.7 Å². The molecule has 1 aromatic carbocycles. The lowest BCUT2D eigenvalue weighted by molar-refractivity contribution is -0.155. The Hall–Kier alpha value is -3.39. The van der Waals surface area contributed by atoms with Gasteiger partial charge in [-0.15, -0.1) is 0 Å². The van der Waals surface area contributed by atoms with Crippen LogP contribution < -0.4 is 15.0 Å². The van der Waals surface area contributed by atoms with E-state index in [9.17, 15) is 9.59 Å². The van der Waals surface area contributed by atoms with Crippen LogP contribution in [0.1, 0.15) is 26.3 Å². The third-order valence-corrected chi connectivity index (χ3v) is 5.15. The predicted octanol–water partition coefficient (Wildman–Crippen LogP) is 3.39. The molecule has 0 fully saturated rings. The van der Waals surface area contributed by atoms with Crippen LogP contribution in [0.3, 0.4) is 0 Å². The van der Waals surface area contributed by atoms with Gasteiger partial charge in [-0.2, -0.15) is 0 Å². The van der Waals surface area contributed by atoms with Crippen LogP contribution in [0.4, 0.5) is 0 Å². The minimum Gasteiger partial charge on any atom is -0.496 e. The number of benzene rings is 1.